The molecule has 0 bridgehead atoms. The van der Waals surface area contributed by atoms with E-state index in [4.69, 9.17) is 5.11 Å². The van der Waals surface area contributed by atoms with Crippen molar-refractivity contribution in [3.8, 4) is 0 Å². The molecule has 0 aromatic carbocycles. The lowest BCUT2D eigenvalue weighted by Gasteiger charge is -2.29. The summed E-state index contributed by atoms with van der Waals surface area (Å²) >= 11 is 0. The maximum absolute atomic E-state index is 9.08. The van der Waals surface area contributed by atoms with Gasteiger partial charge in [-0.3, -0.25) is 4.90 Å². The molecule has 114 valence electrons. The van der Waals surface area contributed by atoms with Crippen LogP contribution in [-0.4, -0.2) is 44.5 Å². The van der Waals surface area contributed by atoms with E-state index in [0.717, 1.165) is 37.7 Å². The van der Waals surface area contributed by atoms with Gasteiger partial charge in [0, 0.05) is 25.7 Å². The highest BCUT2D eigenvalue weighted by molar-refractivity contribution is 5.01. The SMILES string of the molecule is Cc1nnc(CN(CCCO)CC(C)(C)C)n1C1CC1. The Bertz CT molecular complexity index is 432. The van der Waals surface area contributed by atoms with Crippen molar-refractivity contribution in [1.82, 2.24) is 19.7 Å². The van der Waals surface area contributed by atoms with Crippen LogP contribution in [0, 0.1) is 12.3 Å². The van der Waals surface area contributed by atoms with Crippen LogP contribution in [0.3, 0.4) is 0 Å². The molecule has 0 aliphatic heterocycles. The van der Waals surface area contributed by atoms with Gasteiger partial charge in [-0.05, 0) is 31.6 Å². The molecule has 1 heterocycles. The Labute approximate surface area is 122 Å². The van der Waals surface area contributed by atoms with Crippen molar-refractivity contribution in [2.75, 3.05) is 19.7 Å². The fourth-order valence-corrected chi connectivity index (χ4v) is 2.71. The summed E-state index contributed by atoms with van der Waals surface area (Å²) in [5, 5.41) is 17.7. The van der Waals surface area contributed by atoms with E-state index in [2.05, 4.69) is 40.4 Å². The van der Waals surface area contributed by atoms with Crippen molar-refractivity contribution < 1.29 is 5.11 Å². The van der Waals surface area contributed by atoms with Gasteiger partial charge < -0.3 is 9.67 Å². The summed E-state index contributed by atoms with van der Waals surface area (Å²) in [7, 11) is 0. The highest BCUT2D eigenvalue weighted by Crippen LogP contribution is 2.36. The molecule has 1 saturated carbocycles. The Balaban J connectivity index is 2.06. The second kappa shape index (κ2) is 6.22. The maximum atomic E-state index is 9.08. The van der Waals surface area contributed by atoms with Crippen LogP contribution in [0.15, 0.2) is 0 Å². The van der Waals surface area contributed by atoms with Gasteiger partial charge in [-0.2, -0.15) is 0 Å². The van der Waals surface area contributed by atoms with Crippen LogP contribution < -0.4 is 0 Å². The molecule has 0 atom stereocenters. The molecule has 0 radical (unpaired) electrons. The molecule has 2 rings (SSSR count). The highest BCUT2D eigenvalue weighted by atomic mass is 16.3. The van der Waals surface area contributed by atoms with E-state index >= 15 is 0 Å². The molecule has 1 aromatic rings. The van der Waals surface area contributed by atoms with Gasteiger partial charge >= 0.3 is 0 Å². The second-order valence-electron chi connectivity index (χ2n) is 7.11. The van der Waals surface area contributed by atoms with Gasteiger partial charge in [-0.25, -0.2) is 0 Å². The first-order valence-corrected chi connectivity index (χ1v) is 7.64. The van der Waals surface area contributed by atoms with E-state index in [-0.39, 0.29) is 12.0 Å². The molecule has 1 N–H and O–H groups in total. The third-order valence-corrected chi connectivity index (χ3v) is 3.54. The number of rotatable bonds is 7. The van der Waals surface area contributed by atoms with E-state index < -0.39 is 0 Å². The molecule has 0 unspecified atom stereocenters. The molecule has 5 heteroatoms. The predicted molar refractivity (Wildman–Crippen MR) is 79.5 cm³/mol. The lowest BCUT2D eigenvalue weighted by molar-refractivity contribution is 0.161. The minimum Gasteiger partial charge on any atom is -0.396 e. The van der Waals surface area contributed by atoms with Gasteiger partial charge in [-0.15, -0.1) is 10.2 Å². The minimum absolute atomic E-state index is 0.245. The number of aliphatic hydroxyl groups excluding tert-OH is 1. The van der Waals surface area contributed by atoms with Crippen molar-refractivity contribution in [1.29, 1.82) is 0 Å². The van der Waals surface area contributed by atoms with Crippen LogP contribution >= 0.6 is 0 Å². The topological polar surface area (TPSA) is 54.2 Å². The van der Waals surface area contributed by atoms with Gasteiger partial charge in [0.1, 0.15) is 11.6 Å². The van der Waals surface area contributed by atoms with Crippen molar-refractivity contribution in [3.63, 3.8) is 0 Å². The molecule has 0 spiro atoms. The summed E-state index contributed by atoms with van der Waals surface area (Å²) in [5.41, 5.74) is 0.245. The number of aliphatic hydroxyl groups is 1. The molecule has 0 saturated heterocycles. The smallest absolute Gasteiger partial charge is 0.147 e. The number of hydrogen-bond donors (Lipinski definition) is 1. The summed E-state index contributed by atoms with van der Waals surface area (Å²) in [6.45, 7) is 11.8. The number of hydrogen-bond acceptors (Lipinski definition) is 4. The lowest BCUT2D eigenvalue weighted by atomic mass is 9.96. The fourth-order valence-electron chi connectivity index (χ4n) is 2.71. The van der Waals surface area contributed by atoms with Gasteiger partial charge in [0.15, 0.2) is 0 Å². The van der Waals surface area contributed by atoms with E-state index in [1.165, 1.54) is 12.8 Å². The third kappa shape index (κ3) is 4.28. The molecule has 1 aliphatic rings. The summed E-state index contributed by atoms with van der Waals surface area (Å²) in [4.78, 5) is 2.39. The van der Waals surface area contributed by atoms with Crippen LogP contribution in [0.5, 0.6) is 0 Å². The van der Waals surface area contributed by atoms with E-state index in [9.17, 15) is 0 Å². The molecule has 20 heavy (non-hydrogen) atoms. The minimum atomic E-state index is 0.245. The van der Waals surface area contributed by atoms with E-state index in [1.807, 2.05) is 6.92 Å². The predicted octanol–water partition coefficient (Wildman–Crippen LogP) is 2.15. The molecular formula is C15H28N4O. The van der Waals surface area contributed by atoms with Crippen molar-refractivity contribution in [3.05, 3.63) is 11.6 Å². The number of aromatic nitrogens is 3. The molecule has 5 nitrogen and oxygen atoms in total. The first-order chi connectivity index (χ1) is 9.40. The van der Waals surface area contributed by atoms with Crippen LogP contribution in [0.4, 0.5) is 0 Å². The Morgan fingerprint density at radius 2 is 2.00 bits per heavy atom. The van der Waals surface area contributed by atoms with Gasteiger partial charge in [0.2, 0.25) is 0 Å². The third-order valence-electron chi connectivity index (χ3n) is 3.54. The van der Waals surface area contributed by atoms with Crippen LogP contribution in [-0.2, 0) is 6.54 Å². The van der Waals surface area contributed by atoms with Crippen molar-refractivity contribution >= 4 is 0 Å². The standard InChI is InChI=1S/C15H28N4O/c1-12-16-17-14(19(12)13-6-7-13)10-18(8-5-9-20)11-15(2,3)4/h13,20H,5-11H2,1-4H3. The lowest BCUT2D eigenvalue weighted by Crippen LogP contribution is -2.34. The average molecular weight is 280 g/mol. The summed E-state index contributed by atoms with van der Waals surface area (Å²) in [6.07, 6.45) is 3.32. The van der Waals surface area contributed by atoms with Crippen LogP contribution in [0.2, 0.25) is 0 Å². The Morgan fingerprint density at radius 1 is 1.30 bits per heavy atom. The zero-order chi connectivity index (χ0) is 14.8. The quantitative estimate of drug-likeness (QED) is 0.831. The average Bonchev–Trinajstić information content (AvgIpc) is 3.10. The highest BCUT2D eigenvalue weighted by Gasteiger charge is 2.29. The van der Waals surface area contributed by atoms with E-state index in [0.29, 0.717) is 6.04 Å². The van der Waals surface area contributed by atoms with Crippen molar-refractivity contribution in [2.24, 2.45) is 5.41 Å². The molecule has 1 aromatic heterocycles. The Morgan fingerprint density at radius 3 is 2.55 bits per heavy atom. The zero-order valence-corrected chi connectivity index (χ0v) is 13.3. The largest absolute Gasteiger partial charge is 0.396 e. The van der Waals surface area contributed by atoms with Crippen molar-refractivity contribution in [2.45, 2.75) is 59.5 Å². The molecule has 1 fully saturated rings. The molecule has 1 aliphatic carbocycles. The van der Waals surface area contributed by atoms with Gasteiger partial charge in [-0.1, -0.05) is 20.8 Å². The second-order valence-corrected chi connectivity index (χ2v) is 7.11. The first kappa shape index (κ1) is 15.4. The maximum Gasteiger partial charge on any atom is 0.147 e. The van der Waals surface area contributed by atoms with Gasteiger partial charge in [0.25, 0.3) is 0 Å². The zero-order valence-electron chi connectivity index (χ0n) is 13.3. The normalized spacial score (nSPS) is 16.1. The molecule has 0 amide bonds. The number of aryl methyl sites for hydroxylation is 1. The summed E-state index contributed by atoms with van der Waals surface area (Å²) in [5.74, 6) is 2.10. The fraction of sp³-hybridized carbons (Fsp3) is 0.867. The van der Waals surface area contributed by atoms with Crippen LogP contribution in [0.25, 0.3) is 0 Å². The molecular weight excluding hydrogens is 252 g/mol. The summed E-state index contributed by atoms with van der Waals surface area (Å²) < 4.78 is 2.30. The van der Waals surface area contributed by atoms with Crippen LogP contribution in [0.1, 0.15) is 57.7 Å². The Hall–Kier alpha value is -0.940. The summed E-state index contributed by atoms with van der Waals surface area (Å²) in [6, 6.07) is 0.620. The first-order valence-electron chi connectivity index (χ1n) is 7.64. The van der Waals surface area contributed by atoms with E-state index in [1.54, 1.807) is 0 Å². The number of nitrogens with zero attached hydrogens (tertiary/aromatic N) is 4. The Kier molecular flexibility index (Phi) is 4.81. The monoisotopic (exact) mass is 280 g/mol. The van der Waals surface area contributed by atoms with Gasteiger partial charge in [0.05, 0.1) is 6.54 Å².